The Balaban J connectivity index is 1.78. The molecule has 2 heterocycles. The Morgan fingerprint density at radius 2 is 2.04 bits per heavy atom. The summed E-state index contributed by atoms with van der Waals surface area (Å²) in [5, 5.41) is 8.13. The standard InChI is InChI=1S/C18H22Cl2N4O2/c1-11-17(15-10-26-8-7-23(15)3)12(2)24(22-11)9-16(25)21-18-13(19)5-4-6-14(18)20/h4-6,15H,7-10H2,1-3H3,(H,21,25). The SMILES string of the molecule is Cc1nn(CC(=O)Nc2c(Cl)cccc2Cl)c(C)c1C1COCCN1C. The van der Waals surface area contributed by atoms with E-state index in [1.807, 2.05) is 13.8 Å². The van der Waals surface area contributed by atoms with Crippen LogP contribution in [-0.4, -0.2) is 47.4 Å². The maximum atomic E-state index is 12.5. The topological polar surface area (TPSA) is 59.4 Å². The van der Waals surface area contributed by atoms with Gasteiger partial charge in [-0.25, -0.2) is 0 Å². The van der Waals surface area contributed by atoms with Crippen LogP contribution in [0.2, 0.25) is 10.0 Å². The highest BCUT2D eigenvalue weighted by molar-refractivity contribution is 6.39. The smallest absolute Gasteiger partial charge is 0.246 e. The van der Waals surface area contributed by atoms with Gasteiger partial charge in [-0.2, -0.15) is 5.10 Å². The minimum absolute atomic E-state index is 0.0888. The van der Waals surface area contributed by atoms with Crippen molar-refractivity contribution in [3.05, 3.63) is 45.2 Å². The molecule has 0 radical (unpaired) electrons. The molecule has 1 fully saturated rings. The summed E-state index contributed by atoms with van der Waals surface area (Å²) in [5.74, 6) is -0.231. The van der Waals surface area contributed by atoms with E-state index in [1.54, 1.807) is 22.9 Å². The van der Waals surface area contributed by atoms with Gasteiger partial charge in [0.05, 0.1) is 40.7 Å². The van der Waals surface area contributed by atoms with E-state index in [0.717, 1.165) is 30.1 Å². The van der Waals surface area contributed by atoms with E-state index < -0.39 is 0 Å². The van der Waals surface area contributed by atoms with Crippen LogP contribution in [0.3, 0.4) is 0 Å². The molecular formula is C18H22Cl2N4O2. The molecule has 0 aliphatic carbocycles. The number of ether oxygens (including phenoxy) is 1. The highest BCUT2D eigenvalue weighted by Gasteiger charge is 2.27. The van der Waals surface area contributed by atoms with Crippen LogP contribution in [0, 0.1) is 13.8 Å². The van der Waals surface area contributed by atoms with Gasteiger partial charge in [-0.15, -0.1) is 0 Å². The van der Waals surface area contributed by atoms with Gasteiger partial charge in [-0.05, 0) is 33.0 Å². The largest absolute Gasteiger partial charge is 0.378 e. The quantitative estimate of drug-likeness (QED) is 0.859. The molecule has 0 bridgehead atoms. The van der Waals surface area contributed by atoms with Gasteiger partial charge in [0, 0.05) is 17.8 Å². The highest BCUT2D eigenvalue weighted by Crippen LogP contribution is 2.30. The molecule has 1 aliphatic rings. The van der Waals surface area contributed by atoms with Gasteiger partial charge in [0.2, 0.25) is 5.91 Å². The van der Waals surface area contributed by atoms with Gasteiger partial charge in [-0.1, -0.05) is 29.3 Å². The van der Waals surface area contributed by atoms with Crippen LogP contribution >= 0.6 is 23.2 Å². The number of para-hydroxylation sites is 1. The Kier molecular flexibility index (Phi) is 5.87. The third-order valence-corrected chi connectivity index (χ3v) is 5.32. The second-order valence-corrected chi connectivity index (χ2v) is 7.27. The molecule has 26 heavy (non-hydrogen) atoms. The lowest BCUT2D eigenvalue weighted by atomic mass is 10.0. The van der Waals surface area contributed by atoms with Crippen molar-refractivity contribution in [2.75, 3.05) is 32.1 Å². The molecule has 1 amide bonds. The fraction of sp³-hybridized carbons (Fsp3) is 0.444. The number of nitrogens with zero attached hydrogens (tertiary/aromatic N) is 3. The first-order valence-corrected chi connectivity index (χ1v) is 9.19. The van der Waals surface area contributed by atoms with Gasteiger partial charge >= 0.3 is 0 Å². The molecule has 1 aliphatic heterocycles. The summed E-state index contributed by atoms with van der Waals surface area (Å²) in [6.45, 7) is 6.27. The summed E-state index contributed by atoms with van der Waals surface area (Å²) >= 11 is 12.2. The molecule has 1 unspecified atom stereocenters. The number of hydrogen-bond donors (Lipinski definition) is 1. The molecule has 0 spiro atoms. The number of carbonyl (C=O) groups is 1. The number of hydrogen-bond acceptors (Lipinski definition) is 4. The number of likely N-dealkylation sites (N-methyl/N-ethyl adjacent to an activating group) is 1. The third-order valence-electron chi connectivity index (χ3n) is 4.69. The van der Waals surface area contributed by atoms with Crippen molar-refractivity contribution < 1.29 is 9.53 Å². The highest BCUT2D eigenvalue weighted by atomic mass is 35.5. The Bertz CT molecular complexity index is 802. The molecular weight excluding hydrogens is 375 g/mol. The number of halogens is 2. The number of nitrogens with one attached hydrogen (secondary N) is 1. The predicted molar refractivity (Wildman–Crippen MR) is 103 cm³/mol. The minimum atomic E-state index is -0.231. The van der Waals surface area contributed by atoms with E-state index in [0.29, 0.717) is 22.3 Å². The van der Waals surface area contributed by atoms with Gasteiger partial charge < -0.3 is 10.1 Å². The first-order valence-electron chi connectivity index (χ1n) is 8.44. The van der Waals surface area contributed by atoms with Crippen molar-refractivity contribution in [1.29, 1.82) is 0 Å². The molecule has 1 aromatic carbocycles. The number of aromatic nitrogens is 2. The zero-order chi connectivity index (χ0) is 18.8. The van der Waals surface area contributed by atoms with E-state index >= 15 is 0 Å². The number of aryl methyl sites for hydroxylation is 1. The van der Waals surface area contributed by atoms with Gasteiger partial charge in [0.1, 0.15) is 6.54 Å². The molecule has 1 aromatic heterocycles. The van der Waals surface area contributed by atoms with Crippen LogP contribution in [0.15, 0.2) is 18.2 Å². The number of morpholine rings is 1. The third kappa shape index (κ3) is 3.88. The molecule has 2 aromatic rings. The Morgan fingerprint density at radius 3 is 2.69 bits per heavy atom. The molecule has 6 nitrogen and oxygen atoms in total. The minimum Gasteiger partial charge on any atom is -0.378 e. The van der Waals surface area contributed by atoms with Crippen molar-refractivity contribution in [2.45, 2.75) is 26.4 Å². The number of carbonyl (C=O) groups excluding carboxylic acids is 1. The monoisotopic (exact) mass is 396 g/mol. The number of amides is 1. The van der Waals surface area contributed by atoms with Crippen molar-refractivity contribution in [1.82, 2.24) is 14.7 Å². The fourth-order valence-corrected chi connectivity index (χ4v) is 3.76. The summed E-state index contributed by atoms with van der Waals surface area (Å²) in [5.41, 5.74) is 3.41. The maximum absolute atomic E-state index is 12.5. The lowest BCUT2D eigenvalue weighted by molar-refractivity contribution is -0.116. The zero-order valence-corrected chi connectivity index (χ0v) is 16.6. The Morgan fingerprint density at radius 1 is 1.35 bits per heavy atom. The second kappa shape index (κ2) is 7.96. The lowest BCUT2D eigenvalue weighted by Crippen LogP contribution is -2.37. The average Bonchev–Trinajstić information content (AvgIpc) is 2.86. The molecule has 1 saturated heterocycles. The summed E-state index contributed by atoms with van der Waals surface area (Å²) in [6, 6.07) is 5.25. The summed E-state index contributed by atoms with van der Waals surface area (Å²) in [6.07, 6.45) is 0. The van der Waals surface area contributed by atoms with Crippen LogP contribution in [-0.2, 0) is 16.1 Å². The Hall–Kier alpha value is -1.60. The van der Waals surface area contributed by atoms with Crippen LogP contribution in [0.1, 0.15) is 23.0 Å². The summed E-state index contributed by atoms with van der Waals surface area (Å²) in [4.78, 5) is 14.7. The van der Waals surface area contributed by atoms with E-state index in [-0.39, 0.29) is 18.5 Å². The maximum Gasteiger partial charge on any atom is 0.246 e. The van der Waals surface area contributed by atoms with Gasteiger partial charge in [0.25, 0.3) is 0 Å². The molecule has 0 saturated carbocycles. The van der Waals surface area contributed by atoms with E-state index in [1.165, 1.54) is 0 Å². The number of anilines is 1. The van der Waals surface area contributed by atoms with Crippen molar-refractivity contribution in [3.63, 3.8) is 0 Å². The predicted octanol–water partition coefficient (Wildman–Crippen LogP) is 3.45. The normalized spacial score (nSPS) is 18.1. The zero-order valence-electron chi connectivity index (χ0n) is 15.1. The first kappa shape index (κ1) is 19.2. The van der Waals surface area contributed by atoms with Gasteiger partial charge in [0.15, 0.2) is 0 Å². The average molecular weight is 397 g/mol. The summed E-state index contributed by atoms with van der Waals surface area (Å²) < 4.78 is 7.34. The van der Waals surface area contributed by atoms with E-state index in [9.17, 15) is 4.79 Å². The molecule has 8 heteroatoms. The summed E-state index contributed by atoms with van der Waals surface area (Å²) in [7, 11) is 2.08. The van der Waals surface area contributed by atoms with Crippen LogP contribution in [0.25, 0.3) is 0 Å². The number of benzene rings is 1. The Labute approximate surface area is 163 Å². The fourth-order valence-electron chi connectivity index (χ4n) is 3.27. The molecule has 140 valence electrons. The van der Waals surface area contributed by atoms with Crippen molar-refractivity contribution >= 4 is 34.8 Å². The van der Waals surface area contributed by atoms with Gasteiger partial charge in [-0.3, -0.25) is 14.4 Å². The van der Waals surface area contributed by atoms with Crippen LogP contribution < -0.4 is 5.32 Å². The molecule has 1 N–H and O–H groups in total. The first-order chi connectivity index (χ1) is 12.4. The van der Waals surface area contributed by atoms with Crippen LogP contribution in [0.4, 0.5) is 5.69 Å². The molecule has 1 atom stereocenters. The van der Waals surface area contributed by atoms with Crippen LogP contribution in [0.5, 0.6) is 0 Å². The second-order valence-electron chi connectivity index (χ2n) is 6.46. The van der Waals surface area contributed by atoms with Crippen molar-refractivity contribution in [2.24, 2.45) is 0 Å². The van der Waals surface area contributed by atoms with E-state index in [4.69, 9.17) is 27.9 Å². The lowest BCUT2D eigenvalue weighted by Gasteiger charge is -2.32. The van der Waals surface area contributed by atoms with E-state index in [2.05, 4.69) is 22.4 Å². The molecule has 3 rings (SSSR count). The van der Waals surface area contributed by atoms with Crippen molar-refractivity contribution in [3.8, 4) is 0 Å². The number of rotatable bonds is 4.